The molecule has 66 heavy (non-hydrogen) atoms. The molecular weight excluding hydrogens is 813 g/mol. The third-order valence-corrected chi connectivity index (χ3v) is 13.3. The Bertz CT molecular complexity index is 1890. The first-order valence-electron chi connectivity index (χ1n) is 25.9. The molecule has 2 aliphatic carbocycles. The maximum atomic E-state index is 13.4. The molecule has 0 fully saturated rings. The first kappa shape index (κ1) is 58.0. The van der Waals surface area contributed by atoms with Crippen molar-refractivity contribution in [2.24, 2.45) is 10.8 Å². The molecule has 0 saturated heterocycles. The van der Waals surface area contributed by atoms with Gasteiger partial charge in [-0.1, -0.05) is 251 Å². The zero-order chi connectivity index (χ0) is 49.0. The van der Waals surface area contributed by atoms with E-state index in [4.69, 9.17) is 4.74 Å². The second kappa shape index (κ2) is 31.8. The maximum absolute atomic E-state index is 13.4. The Morgan fingerprint density at radius 3 is 1.30 bits per heavy atom. The van der Waals surface area contributed by atoms with Gasteiger partial charge in [-0.25, -0.2) is 0 Å². The largest absolute Gasteiger partial charge is 0.454 e. The normalized spacial score (nSPS) is 20.2. The van der Waals surface area contributed by atoms with Crippen LogP contribution in [0.25, 0.3) is 0 Å². The Labute approximate surface area is 403 Å². The molecule has 0 spiro atoms. The van der Waals surface area contributed by atoms with Gasteiger partial charge >= 0.3 is 5.97 Å². The first-order chi connectivity index (χ1) is 31.4. The molecule has 2 rings (SSSR count). The fraction of sp³-hybridized carbons (Fsp3) is 0.590. The second-order valence-electron chi connectivity index (χ2n) is 20.6. The number of unbranched alkanes of at least 4 members (excludes halogenated alkanes) is 17. The monoisotopic (exact) mass is 905 g/mol. The number of aliphatic hydroxyl groups is 1. The molecule has 0 aliphatic heterocycles. The summed E-state index contributed by atoms with van der Waals surface area (Å²) in [5.74, 6) is -0.509. The highest BCUT2D eigenvalue weighted by molar-refractivity contribution is 6.02. The number of Topliss-reactive ketones (excluding diaryl/α,β-unsaturated/α-hetero) is 2. The van der Waals surface area contributed by atoms with Crippen molar-refractivity contribution in [2.75, 3.05) is 0 Å². The quantitative estimate of drug-likeness (QED) is 0.0441. The summed E-state index contributed by atoms with van der Waals surface area (Å²) >= 11 is 0. The van der Waals surface area contributed by atoms with Crippen molar-refractivity contribution in [3.63, 3.8) is 0 Å². The number of carbonyl (C=O) groups is 3. The Hall–Kier alpha value is -4.09. The minimum Gasteiger partial charge on any atom is -0.454 e. The highest BCUT2D eigenvalue weighted by Crippen LogP contribution is 2.41. The van der Waals surface area contributed by atoms with E-state index in [9.17, 15) is 19.5 Å². The van der Waals surface area contributed by atoms with E-state index in [1.165, 1.54) is 96.3 Å². The first-order valence-corrected chi connectivity index (χ1v) is 25.9. The minimum absolute atomic E-state index is 0.0812. The van der Waals surface area contributed by atoms with Gasteiger partial charge in [-0.05, 0) is 87.5 Å². The number of hydrogen-bond acceptors (Lipinski definition) is 5. The van der Waals surface area contributed by atoms with E-state index >= 15 is 0 Å². The number of hydrogen-bond donors (Lipinski definition) is 1. The molecule has 0 bridgehead atoms. The van der Waals surface area contributed by atoms with Crippen molar-refractivity contribution in [2.45, 2.75) is 223 Å². The molecule has 0 radical (unpaired) electrons. The lowest BCUT2D eigenvalue weighted by Crippen LogP contribution is -2.39. The number of rotatable bonds is 30. The zero-order valence-electron chi connectivity index (χ0n) is 43.7. The molecule has 366 valence electrons. The number of esters is 1. The van der Waals surface area contributed by atoms with Gasteiger partial charge in [0.25, 0.3) is 0 Å². The van der Waals surface area contributed by atoms with Crippen LogP contribution in [0.1, 0.15) is 211 Å². The zero-order valence-corrected chi connectivity index (χ0v) is 43.7. The van der Waals surface area contributed by atoms with Crippen LogP contribution in [0.5, 0.6) is 0 Å². The van der Waals surface area contributed by atoms with E-state index in [0.29, 0.717) is 30.4 Å². The van der Waals surface area contributed by atoms with Crippen molar-refractivity contribution in [3.8, 4) is 0 Å². The van der Waals surface area contributed by atoms with Crippen LogP contribution in [0.4, 0.5) is 0 Å². The van der Waals surface area contributed by atoms with Crippen LogP contribution >= 0.6 is 0 Å². The van der Waals surface area contributed by atoms with Crippen LogP contribution in [0.15, 0.2) is 130 Å². The van der Waals surface area contributed by atoms with Gasteiger partial charge in [0.2, 0.25) is 0 Å². The highest BCUT2D eigenvalue weighted by Gasteiger charge is 2.40. The van der Waals surface area contributed by atoms with Gasteiger partial charge < -0.3 is 9.84 Å². The smallest absolute Gasteiger partial charge is 0.306 e. The minimum atomic E-state index is -0.913. The number of ketones is 2. The molecule has 5 nitrogen and oxygen atoms in total. The summed E-state index contributed by atoms with van der Waals surface area (Å²) in [6.45, 7) is 22.6. The molecule has 1 N–H and O–H groups in total. The average molecular weight is 905 g/mol. The molecular formula is C61H92O5. The highest BCUT2D eigenvalue weighted by atomic mass is 16.5. The predicted octanol–water partition coefficient (Wildman–Crippen LogP) is 16.9. The van der Waals surface area contributed by atoms with Crippen molar-refractivity contribution < 1.29 is 24.2 Å². The lowest BCUT2D eigenvalue weighted by Gasteiger charge is -2.36. The lowest BCUT2D eigenvalue weighted by molar-refractivity contribution is -0.156. The van der Waals surface area contributed by atoms with Crippen molar-refractivity contribution in [1.82, 2.24) is 0 Å². The van der Waals surface area contributed by atoms with Gasteiger partial charge in [0.15, 0.2) is 17.7 Å². The molecule has 0 aromatic carbocycles. The number of ether oxygens (including phenoxy) is 1. The van der Waals surface area contributed by atoms with Gasteiger partial charge in [-0.3, -0.25) is 14.4 Å². The Morgan fingerprint density at radius 2 is 0.879 bits per heavy atom. The van der Waals surface area contributed by atoms with Crippen molar-refractivity contribution in [1.29, 1.82) is 0 Å². The molecule has 0 amide bonds. The Morgan fingerprint density at radius 1 is 0.530 bits per heavy atom. The SMILES string of the molecule is CCCCCCCCCCCCCCCCCCCCC(=O)O[C@H]1CC(C)(C)C(/C=C/C(C)=C/C=C/C(C)=C/C=C/C=C(C)/C=C/C=C(C)/C=C/C2=C(C)C(=O)[C@@H](O)CC2(C)C)=C(C)C1=O. The second-order valence-corrected chi connectivity index (χ2v) is 20.6. The molecule has 5 heteroatoms. The summed E-state index contributed by atoms with van der Waals surface area (Å²) in [5.41, 5.74) is 7.13. The summed E-state index contributed by atoms with van der Waals surface area (Å²) in [6.07, 6.45) is 51.9. The fourth-order valence-electron chi connectivity index (χ4n) is 9.08. The van der Waals surface area contributed by atoms with E-state index in [2.05, 4.69) is 97.9 Å². The van der Waals surface area contributed by atoms with Gasteiger partial charge in [0, 0.05) is 12.8 Å². The lowest BCUT2D eigenvalue weighted by atomic mass is 9.71. The van der Waals surface area contributed by atoms with Crippen molar-refractivity contribution >= 4 is 17.5 Å². The van der Waals surface area contributed by atoms with E-state index in [-0.39, 0.29) is 28.4 Å². The molecule has 2 aliphatic rings. The van der Waals surface area contributed by atoms with E-state index < -0.39 is 12.2 Å². The molecule has 0 saturated carbocycles. The van der Waals surface area contributed by atoms with Crippen LogP contribution in [0, 0.1) is 10.8 Å². The maximum Gasteiger partial charge on any atom is 0.306 e. The topological polar surface area (TPSA) is 80.7 Å². The third kappa shape index (κ3) is 23.1. The van der Waals surface area contributed by atoms with E-state index in [1.807, 2.05) is 56.4 Å². The van der Waals surface area contributed by atoms with Crippen molar-refractivity contribution in [3.05, 3.63) is 130 Å². The van der Waals surface area contributed by atoms with Crippen LogP contribution in [-0.2, 0) is 19.1 Å². The van der Waals surface area contributed by atoms with Crippen LogP contribution in [0.3, 0.4) is 0 Å². The number of carbonyl (C=O) groups excluding carboxylic acids is 3. The summed E-state index contributed by atoms with van der Waals surface area (Å²) in [4.78, 5) is 38.5. The van der Waals surface area contributed by atoms with Crippen LogP contribution in [-0.4, -0.2) is 34.9 Å². The number of aliphatic hydroxyl groups excluding tert-OH is 1. The third-order valence-electron chi connectivity index (χ3n) is 13.3. The molecule has 0 aromatic heterocycles. The van der Waals surface area contributed by atoms with Gasteiger partial charge in [0.05, 0.1) is 0 Å². The molecule has 0 unspecified atom stereocenters. The van der Waals surface area contributed by atoms with E-state index in [0.717, 1.165) is 52.7 Å². The Kier molecular flexibility index (Phi) is 28.0. The van der Waals surface area contributed by atoms with Gasteiger partial charge in [0.1, 0.15) is 6.10 Å². The standard InChI is InChI=1S/C61H92O5/c1-12-13-14-15-16-17-18-19-20-21-22-23-24-25-26-27-28-29-40-57(63)66-56-46-61(10,11)54(52(7)59(56)65)44-42-50(5)39-33-37-48(3)35-31-30-34-47(2)36-32-38-49(4)41-43-53-51(6)58(64)55(62)45-60(53,8)9/h30-39,41-44,55-56,62H,12-29,40,45-46H2,1-11H3/b31-30+,36-32+,37-33+,43-41+,44-42+,47-34+,48-35+,49-38+,50-39+/t55-,56-/m0/s1. The van der Waals surface area contributed by atoms with Crippen LogP contribution < -0.4 is 0 Å². The summed E-state index contributed by atoms with van der Waals surface area (Å²) in [7, 11) is 0. The fourth-order valence-corrected chi connectivity index (χ4v) is 9.08. The molecule has 0 heterocycles. The molecule has 0 aromatic rings. The Balaban J connectivity index is 1.73. The van der Waals surface area contributed by atoms with E-state index in [1.54, 1.807) is 6.92 Å². The summed E-state index contributed by atoms with van der Waals surface area (Å²) in [5, 5.41) is 10.1. The van der Waals surface area contributed by atoms with Crippen LogP contribution in [0.2, 0.25) is 0 Å². The summed E-state index contributed by atoms with van der Waals surface area (Å²) < 4.78 is 5.80. The molecule has 2 atom stereocenters. The summed E-state index contributed by atoms with van der Waals surface area (Å²) in [6, 6.07) is 0. The van der Waals surface area contributed by atoms with Gasteiger partial charge in [-0.2, -0.15) is 0 Å². The van der Waals surface area contributed by atoms with Gasteiger partial charge in [-0.15, -0.1) is 0 Å². The average Bonchev–Trinajstić information content (AvgIpc) is 3.25. The number of allylic oxidation sites excluding steroid dienone is 20. The predicted molar refractivity (Wildman–Crippen MR) is 282 cm³/mol.